The fourth-order valence-corrected chi connectivity index (χ4v) is 1.11. The Labute approximate surface area is 105 Å². The van der Waals surface area contributed by atoms with Gasteiger partial charge in [-0.05, 0) is 0 Å². The molecule has 14 heavy (non-hydrogen) atoms. The fraction of sp³-hybridized carbons (Fsp3) is 0.375. The van der Waals surface area contributed by atoms with Crippen LogP contribution in [0.15, 0.2) is 25.3 Å². The lowest BCUT2D eigenvalue weighted by atomic mass is 10.4. The van der Waals surface area contributed by atoms with Crippen LogP contribution in [0.4, 0.5) is 0 Å². The van der Waals surface area contributed by atoms with Crippen molar-refractivity contribution in [3.05, 3.63) is 25.3 Å². The van der Waals surface area contributed by atoms with Crippen molar-refractivity contribution < 1.29 is 0 Å². The maximum atomic E-state index is 7.54. The van der Waals surface area contributed by atoms with Gasteiger partial charge in [0.05, 0.1) is 0 Å². The summed E-state index contributed by atoms with van der Waals surface area (Å²) in [5, 5.41) is 7.54. The molecule has 0 rings (SSSR count). The summed E-state index contributed by atoms with van der Waals surface area (Å²) in [6.45, 7) is 8.00. The molecule has 0 fully saturated rings. The standard InChI is InChI=1S/C8H11Cl3N2.ClH/c1-3-5-13(6-4-2)7(12)8(9,10)11;/h3-4,12H,1-2,5-6H2;1H. The molecule has 0 aliphatic rings. The summed E-state index contributed by atoms with van der Waals surface area (Å²) in [5.74, 6) is -0.0719. The van der Waals surface area contributed by atoms with Crippen molar-refractivity contribution in [3.63, 3.8) is 0 Å². The maximum Gasteiger partial charge on any atom is 0.247 e. The molecule has 0 amide bonds. The predicted octanol–water partition coefficient (Wildman–Crippen LogP) is 3.43. The highest BCUT2D eigenvalue weighted by molar-refractivity contribution is 6.76. The number of nitrogens with zero attached hydrogens (tertiary/aromatic N) is 1. The lowest BCUT2D eigenvalue weighted by Crippen LogP contribution is -2.39. The van der Waals surface area contributed by atoms with Crippen LogP contribution in [0.3, 0.4) is 0 Å². The Morgan fingerprint density at radius 2 is 1.57 bits per heavy atom. The third-order valence-corrected chi connectivity index (χ3v) is 1.82. The van der Waals surface area contributed by atoms with Gasteiger partial charge in [-0.15, -0.1) is 25.6 Å². The molecule has 0 aromatic heterocycles. The topological polar surface area (TPSA) is 27.1 Å². The van der Waals surface area contributed by atoms with Crippen LogP contribution in [0.1, 0.15) is 0 Å². The van der Waals surface area contributed by atoms with Crippen LogP contribution in [0.2, 0.25) is 0 Å². The summed E-state index contributed by atoms with van der Waals surface area (Å²) >= 11 is 16.6. The minimum Gasteiger partial charge on any atom is -0.350 e. The number of rotatable bonds is 4. The number of alkyl halides is 3. The van der Waals surface area contributed by atoms with Gasteiger partial charge in [0.1, 0.15) is 5.84 Å². The van der Waals surface area contributed by atoms with Crippen molar-refractivity contribution in [2.45, 2.75) is 3.79 Å². The molecular formula is C8H12Cl4N2. The van der Waals surface area contributed by atoms with Crippen molar-refractivity contribution in [2.24, 2.45) is 0 Å². The lowest BCUT2D eigenvalue weighted by Gasteiger charge is -2.26. The smallest absolute Gasteiger partial charge is 0.247 e. The van der Waals surface area contributed by atoms with Crippen molar-refractivity contribution in [3.8, 4) is 0 Å². The third kappa shape index (κ3) is 5.76. The van der Waals surface area contributed by atoms with E-state index < -0.39 is 3.79 Å². The molecule has 2 nitrogen and oxygen atoms in total. The quantitative estimate of drug-likeness (QED) is 0.362. The molecular weight excluding hydrogens is 266 g/mol. The van der Waals surface area contributed by atoms with Gasteiger partial charge in [0, 0.05) is 13.1 Å². The second kappa shape index (κ2) is 7.41. The molecule has 0 aromatic carbocycles. The number of nitrogens with one attached hydrogen (secondary N) is 1. The van der Waals surface area contributed by atoms with Gasteiger partial charge in [-0.1, -0.05) is 47.0 Å². The van der Waals surface area contributed by atoms with Crippen molar-refractivity contribution in [1.82, 2.24) is 4.90 Å². The van der Waals surface area contributed by atoms with Crippen LogP contribution in [0.5, 0.6) is 0 Å². The summed E-state index contributed by atoms with van der Waals surface area (Å²) in [6, 6.07) is 0. The van der Waals surface area contributed by atoms with E-state index in [1.165, 1.54) is 0 Å². The van der Waals surface area contributed by atoms with E-state index in [4.69, 9.17) is 40.2 Å². The zero-order chi connectivity index (χ0) is 10.5. The van der Waals surface area contributed by atoms with E-state index in [2.05, 4.69) is 13.2 Å². The first-order valence-electron chi connectivity index (χ1n) is 3.56. The minimum absolute atomic E-state index is 0. The molecule has 0 heterocycles. The lowest BCUT2D eigenvalue weighted by molar-refractivity contribution is 0.502. The van der Waals surface area contributed by atoms with Gasteiger partial charge in [0.25, 0.3) is 0 Å². The predicted molar refractivity (Wildman–Crippen MR) is 67.2 cm³/mol. The van der Waals surface area contributed by atoms with Crippen molar-refractivity contribution in [2.75, 3.05) is 13.1 Å². The SMILES string of the molecule is C=CCN(CC=C)C(=N)C(Cl)(Cl)Cl.Cl. The Morgan fingerprint density at radius 1 is 1.21 bits per heavy atom. The summed E-state index contributed by atoms with van der Waals surface area (Å²) in [5.41, 5.74) is 0. The molecule has 0 atom stereocenters. The number of hydrogen-bond acceptors (Lipinski definition) is 1. The first-order valence-corrected chi connectivity index (χ1v) is 4.69. The molecule has 0 saturated carbocycles. The second-order valence-corrected chi connectivity index (χ2v) is 4.61. The highest BCUT2D eigenvalue weighted by Crippen LogP contribution is 2.28. The molecule has 0 spiro atoms. The van der Waals surface area contributed by atoms with Crippen molar-refractivity contribution >= 4 is 53.0 Å². The highest BCUT2D eigenvalue weighted by Gasteiger charge is 2.30. The highest BCUT2D eigenvalue weighted by atomic mass is 35.6. The van der Waals surface area contributed by atoms with Crippen molar-refractivity contribution in [1.29, 1.82) is 5.41 Å². The monoisotopic (exact) mass is 276 g/mol. The van der Waals surface area contributed by atoms with Crippen LogP contribution in [-0.4, -0.2) is 27.6 Å². The summed E-state index contributed by atoms with van der Waals surface area (Å²) < 4.78 is -1.69. The molecule has 0 bridgehead atoms. The average molecular weight is 278 g/mol. The van der Waals surface area contributed by atoms with Crippen LogP contribution >= 0.6 is 47.2 Å². The van der Waals surface area contributed by atoms with Crippen LogP contribution in [0, 0.1) is 5.41 Å². The first kappa shape index (κ1) is 16.5. The Balaban J connectivity index is 0. The van der Waals surface area contributed by atoms with Crippen LogP contribution < -0.4 is 0 Å². The third-order valence-electron chi connectivity index (χ3n) is 1.28. The molecule has 0 aliphatic heterocycles. The molecule has 0 unspecified atom stereocenters. The van der Waals surface area contributed by atoms with Gasteiger partial charge in [0.15, 0.2) is 0 Å². The molecule has 0 aliphatic carbocycles. The van der Waals surface area contributed by atoms with E-state index >= 15 is 0 Å². The molecule has 0 aromatic rings. The van der Waals surface area contributed by atoms with Gasteiger partial charge in [-0.25, -0.2) is 0 Å². The second-order valence-electron chi connectivity index (χ2n) is 2.33. The van der Waals surface area contributed by atoms with Crippen LogP contribution in [0.25, 0.3) is 0 Å². The summed E-state index contributed by atoms with van der Waals surface area (Å²) in [7, 11) is 0. The van der Waals surface area contributed by atoms with E-state index in [0.29, 0.717) is 13.1 Å². The fourth-order valence-electron chi connectivity index (χ4n) is 0.748. The normalized spacial score (nSPS) is 9.93. The summed E-state index contributed by atoms with van der Waals surface area (Å²) in [4.78, 5) is 1.56. The zero-order valence-corrected chi connectivity index (χ0v) is 10.6. The first-order chi connectivity index (χ1) is 5.93. The van der Waals surface area contributed by atoms with Gasteiger partial charge in [-0.3, -0.25) is 5.41 Å². The number of hydrogen-bond donors (Lipinski definition) is 1. The minimum atomic E-state index is -1.69. The van der Waals surface area contributed by atoms with E-state index in [-0.39, 0.29) is 18.2 Å². The van der Waals surface area contributed by atoms with Gasteiger partial charge < -0.3 is 4.90 Å². The molecule has 0 saturated heterocycles. The molecule has 0 radical (unpaired) electrons. The van der Waals surface area contributed by atoms with E-state index in [0.717, 1.165) is 0 Å². The van der Waals surface area contributed by atoms with E-state index in [1.54, 1.807) is 17.1 Å². The Hall–Kier alpha value is 0.110. The van der Waals surface area contributed by atoms with Crippen LogP contribution in [-0.2, 0) is 0 Å². The molecule has 1 N–H and O–H groups in total. The Bertz CT molecular complexity index is 200. The van der Waals surface area contributed by atoms with E-state index in [1.807, 2.05) is 0 Å². The summed E-state index contributed by atoms with van der Waals surface area (Å²) in [6.07, 6.45) is 3.27. The van der Waals surface area contributed by atoms with Gasteiger partial charge in [0.2, 0.25) is 3.79 Å². The zero-order valence-electron chi connectivity index (χ0n) is 7.47. The number of halogens is 4. The maximum absolute atomic E-state index is 7.54. The van der Waals surface area contributed by atoms with Gasteiger partial charge in [-0.2, -0.15) is 0 Å². The molecule has 6 heteroatoms. The number of amidine groups is 1. The Kier molecular flexibility index (Phi) is 8.75. The molecule has 82 valence electrons. The largest absolute Gasteiger partial charge is 0.350 e. The van der Waals surface area contributed by atoms with E-state index in [9.17, 15) is 0 Å². The van der Waals surface area contributed by atoms with Gasteiger partial charge >= 0.3 is 0 Å². The average Bonchev–Trinajstić information content (AvgIpc) is 2.01. The Morgan fingerprint density at radius 3 is 1.79 bits per heavy atom.